The molecule has 0 unspecified atom stereocenters. The number of carbonyl (C=O) groups excluding carboxylic acids is 4. The molecule has 10 nitrogen and oxygen atoms in total. The van der Waals surface area contributed by atoms with Gasteiger partial charge in [-0.05, 0) is 31.4 Å². The molecule has 0 aromatic heterocycles. The fourth-order valence-corrected chi connectivity index (χ4v) is 3.82. The highest BCUT2D eigenvalue weighted by molar-refractivity contribution is 6.01. The summed E-state index contributed by atoms with van der Waals surface area (Å²) in [4.78, 5) is 52.7. The van der Waals surface area contributed by atoms with Crippen molar-refractivity contribution in [2.75, 3.05) is 19.7 Å². The maximum Gasteiger partial charge on any atom is 0.255 e. The molecule has 0 radical (unpaired) electrons. The van der Waals surface area contributed by atoms with Crippen molar-refractivity contribution in [3.05, 3.63) is 29.8 Å². The lowest BCUT2D eigenvalue weighted by molar-refractivity contribution is -0.143. The van der Waals surface area contributed by atoms with E-state index in [1.165, 1.54) is 4.90 Å². The SMILES string of the molecule is CC(C)C[C@H]1COc2ccccc2C(=O)N[C@@H](CC(=O)N2CC(O)C2)C(=O)N[C@@H](C)C(=O)N1. The summed E-state index contributed by atoms with van der Waals surface area (Å²) in [6.07, 6.45) is -0.221. The molecule has 33 heavy (non-hydrogen) atoms. The fourth-order valence-electron chi connectivity index (χ4n) is 3.82. The molecule has 0 bridgehead atoms. The van der Waals surface area contributed by atoms with Crippen LogP contribution in [0.5, 0.6) is 5.75 Å². The Balaban J connectivity index is 1.86. The number of ether oxygens (including phenoxy) is 1. The molecule has 1 aromatic rings. The molecule has 2 aliphatic rings. The van der Waals surface area contributed by atoms with E-state index in [-0.39, 0.29) is 55.5 Å². The normalized spacial score (nSPS) is 24.7. The number of aliphatic hydroxyl groups is 1. The Morgan fingerprint density at radius 3 is 2.48 bits per heavy atom. The zero-order valence-electron chi connectivity index (χ0n) is 19.2. The predicted molar refractivity (Wildman–Crippen MR) is 119 cm³/mol. The Kier molecular flexibility index (Phi) is 7.91. The highest BCUT2D eigenvalue weighted by Crippen LogP contribution is 2.20. The van der Waals surface area contributed by atoms with Crippen LogP contribution >= 0.6 is 0 Å². The maximum absolute atomic E-state index is 13.0. The van der Waals surface area contributed by atoms with E-state index in [1.807, 2.05) is 13.8 Å². The molecule has 2 heterocycles. The lowest BCUT2D eigenvalue weighted by Gasteiger charge is -2.36. The topological polar surface area (TPSA) is 137 Å². The van der Waals surface area contributed by atoms with Gasteiger partial charge in [-0.15, -0.1) is 0 Å². The number of hydrogen-bond acceptors (Lipinski definition) is 6. The van der Waals surface area contributed by atoms with Crippen LogP contribution in [0.1, 0.15) is 44.0 Å². The monoisotopic (exact) mass is 460 g/mol. The fraction of sp³-hybridized carbons (Fsp3) is 0.565. The molecule has 3 rings (SSSR count). The summed E-state index contributed by atoms with van der Waals surface area (Å²) in [5.41, 5.74) is 0.226. The van der Waals surface area contributed by atoms with Gasteiger partial charge >= 0.3 is 0 Å². The van der Waals surface area contributed by atoms with Crippen LogP contribution in [0.4, 0.5) is 0 Å². The number of aliphatic hydroxyl groups excluding tert-OH is 1. The van der Waals surface area contributed by atoms with Gasteiger partial charge in [0.2, 0.25) is 17.7 Å². The van der Waals surface area contributed by atoms with E-state index >= 15 is 0 Å². The second-order valence-electron chi connectivity index (χ2n) is 9.06. The van der Waals surface area contributed by atoms with Gasteiger partial charge in [0.25, 0.3) is 5.91 Å². The molecule has 1 fully saturated rings. The summed E-state index contributed by atoms with van der Waals surface area (Å²) >= 11 is 0. The number of fused-ring (bicyclic) bond motifs is 1. The zero-order valence-corrected chi connectivity index (χ0v) is 19.2. The van der Waals surface area contributed by atoms with Crippen molar-refractivity contribution >= 4 is 23.6 Å². The van der Waals surface area contributed by atoms with E-state index in [1.54, 1.807) is 31.2 Å². The van der Waals surface area contributed by atoms with E-state index in [0.29, 0.717) is 12.2 Å². The van der Waals surface area contributed by atoms with Gasteiger partial charge < -0.3 is 30.7 Å². The average Bonchev–Trinajstić information content (AvgIpc) is 2.74. The Bertz CT molecular complexity index is 899. The molecule has 0 spiro atoms. The number of hydrogen-bond donors (Lipinski definition) is 4. The molecular formula is C23H32N4O6. The summed E-state index contributed by atoms with van der Waals surface area (Å²) in [6, 6.07) is 4.23. The maximum atomic E-state index is 13.0. The van der Waals surface area contributed by atoms with Crippen LogP contribution in [0.2, 0.25) is 0 Å². The second kappa shape index (κ2) is 10.7. The summed E-state index contributed by atoms with van der Waals surface area (Å²) in [7, 11) is 0. The van der Waals surface area contributed by atoms with Gasteiger partial charge in [-0.25, -0.2) is 0 Å². The van der Waals surface area contributed by atoms with Crippen LogP contribution in [0.25, 0.3) is 0 Å². The smallest absolute Gasteiger partial charge is 0.255 e. The first kappa shape index (κ1) is 24.5. The minimum absolute atomic E-state index is 0.161. The lowest BCUT2D eigenvalue weighted by atomic mass is 10.0. The third-order valence-corrected chi connectivity index (χ3v) is 5.64. The van der Waals surface area contributed by atoms with E-state index in [4.69, 9.17) is 4.74 Å². The number of nitrogens with one attached hydrogen (secondary N) is 3. The van der Waals surface area contributed by atoms with Gasteiger partial charge in [0.05, 0.1) is 24.1 Å². The third-order valence-electron chi connectivity index (χ3n) is 5.64. The summed E-state index contributed by atoms with van der Waals surface area (Å²) in [6.45, 7) is 6.13. The van der Waals surface area contributed by atoms with Gasteiger partial charge in [-0.2, -0.15) is 0 Å². The molecule has 0 aliphatic carbocycles. The molecular weight excluding hydrogens is 428 g/mol. The van der Waals surface area contributed by atoms with Gasteiger partial charge in [-0.3, -0.25) is 19.2 Å². The van der Waals surface area contributed by atoms with E-state index in [9.17, 15) is 24.3 Å². The number of amides is 4. The summed E-state index contributed by atoms with van der Waals surface area (Å²) in [5, 5.41) is 17.6. The Morgan fingerprint density at radius 1 is 1.12 bits per heavy atom. The Labute approximate surface area is 193 Å². The van der Waals surface area contributed by atoms with Crippen molar-refractivity contribution in [2.24, 2.45) is 5.92 Å². The van der Waals surface area contributed by atoms with Crippen LogP contribution in [0.3, 0.4) is 0 Å². The number of nitrogens with zero attached hydrogens (tertiary/aromatic N) is 1. The zero-order chi connectivity index (χ0) is 24.1. The number of benzene rings is 1. The molecule has 4 amide bonds. The van der Waals surface area contributed by atoms with Crippen molar-refractivity contribution < 1.29 is 29.0 Å². The van der Waals surface area contributed by atoms with Crippen molar-refractivity contribution in [3.8, 4) is 5.75 Å². The van der Waals surface area contributed by atoms with Gasteiger partial charge in [0, 0.05) is 13.1 Å². The molecule has 2 aliphatic heterocycles. The number of rotatable bonds is 4. The van der Waals surface area contributed by atoms with Crippen LogP contribution in [-0.4, -0.2) is 77.6 Å². The van der Waals surface area contributed by atoms with Crippen LogP contribution < -0.4 is 20.7 Å². The number of para-hydroxylation sites is 1. The second-order valence-corrected chi connectivity index (χ2v) is 9.06. The first-order valence-corrected chi connectivity index (χ1v) is 11.2. The molecule has 3 atom stereocenters. The standard InChI is InChI=1S/C23H32N4O6/c1-13(2)8-15-12-33-19-7-5-4-6-17(19)22(31)26-18(9-20(29)27-10-16(28)11-27)23(32)24-14(3)21(30)25-15/h4-7,13-16,18,28H,8-12H2,1-3H3,(H,24,32)(H,25,30)(H,26,31)/t14-,15-,18-/m0/s1. The highest BCUT2D eigenvalue weighted by atomic mass is 16.5. The Hall–Kier alpha value is -3.14. The minimum atomic E-state index is -1.20. The highest BCUT2D eigenvalue weighted by Gasteiger charge is 2.34. The molecule has 180 valence electrons. The number of carbonyl (C=O) groups is 4. The van der Waals surface area contributed by atoms with Crippen LogP contribution in [0, 0.1) is 5.92 Å². The number of likely N-dealkylation sites (tertiary alicyclic amines) is 1. The van der Waals surface area contributed by atoms with Crippen LogP contribution in [0.15, 0.2) is 24.3 Å². The average molecular weight is 461 g/mol. The summed E-state index contributed by atoms with van der Waals surface area (Å²) in [5.74, 6) is -1.35. The number of β-amino-alcohol motifs (C(OH)–C–C–N with tert-alkyl or cyclic N) is 1. The van der Waals surface area contributed by atoms with Crippen molar-refractivity contribution in [3.63, 3.8) is 0 Å². The van der Waals surface area contributed by atoms with Crippen molar-refractivity contribution in [1.82, 2.24) is 20.9 Å². The molecule has 4 N–H and O–H groups in total. The summed E-state index contributed by atoms with van der Waals surface area (Å²) < 4.78 is 5.90. The van der Waals surface area contributed by atoms with E-state index in [2.05, 4.69) is 16.0 Å². The molecule has 0 saturated carbocycles. The Morgan fingerprint density at radius 2 is 1.82 bits per heavy atom. The molecule has 10 heteroatoms. The molecule has 1 aromatic carbocycles. The molecule has 1 saturated heterocycles. The van der Waals surface area contributed by atoms with Gasteiger partial charge in [0.1, 0.15) is 24.4 Å². The van der Waals surface area contributed by atoms with E-state index < -0.39 is 30.0 Å². The largest absolute Gasteiger partial charge is 0.491 e. The van der Waals surface area contributed by atoms with Gasteiger partial charge in [-0.1, -0.05) is 26.0 Å². The minimum Gasteiger partial charge on any atom is -0.491 e. The van der Waals surface area contributed by atoms with Crippen molar-refractivity contribution in [1.29, 1.82) is 0 Å². The first-order chi connectivity index (χ1) is 15.6. The lowest BCUT2D eigenvalue weighted by Crippen LogP contribution is -2.58. The quantitative estimate of drug-likeness (QED) is 0.491. The van der Waals surface area contributed by atoms with E-state index in [0.717, 1.165) is 0 Å². The van der Waals surface area contributed by atoms with Crippen LogP contribution in [-0.2, 0) is 14.4 Å². The predicted octanol–water partition coefficient (Wildman–Crippen LogP) is -0.194. The van der Waals surface area contributed by atoms with Gasteiger partial charge in [0.15, 0.2) is 0 Å². The first-order valence-electron chi connectivity index (χ1n) is 11.2. The third kappa shape index (κ3) is 6.44. The van der Waals surface area contributed by atoms with Crippen molar-refractivity contribution in [2.45, 2.75) is 57.8 Å².